The van der Waals surface area contributed by atoms with Crippen molar-refractivity contribution >= 4 is 5.91 Å². The van der Waals surface area contributed by atoms with Gasteiger partial charge in [-0.1, -0.05) is 142 Å². The summed E-state index contributed by atoms with van der Waals surface area (Å²) in [5.41, 5.74) is 5.77. The first kappa shape index (κ1) is 27.2. The molecule has 0 aliphatic carbocycles. The lowest BCUT2D eigenvalue weighted by molar-refractivity contribution is -0.114. The molecular weight excluding hydrogens is 342 g/mol. The van der Waals surface area contributed by atoms with E-state index in [9.17, 15) is 4.79 Å². The van der Waals surface area contributed by atoms with Gasteiger partial charge in [-0.25, -0.2) is 0 Å². The van der Waals surface area contributed by atoms with Crippen LogP contribution in [-0.2, 0) is 4.79 Å². The number of nitrogens with two attached hydrogens (primary N) is 1. The number of primary amides is 1. The second-order valence-electron chi connectivity index (χ2n) is 8.79. The lowest BCUT2D eigenvalue weighted by Gasteiger charge is -2.04. The van der Waals surface area contributed by atoms with Crippen LogP contribution >= 0.6 is 0 Å². The molecule has 0 rings (SSSR count). The van der Waals surface area contributed by atoms with E-state index in [1.54, 1.807) is 0 Å². The van der Waals surface area contributed by atoms with Crippen LogP contribution < -0.4 is 5.73 Å². The maximum Gasteiger partial charge on any atom is 0.244 e. The topological polar surface area (TPSA) is 43.1 Å². The second kappa shape index (κ2) is 22.5. The van der Waals surface area contributed by atoms with Crippen LogP contribution in [0.15, 0.2) is 12.2 Å². The zero-order chi connectivity index (χ0) is 20.7. The van der Waals surface area contributed by atoms with E-state index in [-0.39, 0.29) is 5.91 Å². The summed E-state index contributed by atoms with van der Waals surface area (Å²) < 4.78 is 0. The number of carbonyl (C=O) groups is 1. The molecule has 0 aromatic heterocycles. The summed E-state index contributed by atoms with van der Waals surface area (Å²) in [4.78, 5) is 10.9. The summed E-state index contributed by atoms with van der Waals surface area (Å²) in [6.45, 7) is 5.99. The summed E-state index contributed by atoms with van der Waals surface area (Å²) in [5, 5.41) is 0. The quantitative estimate of drug-likeness (QED) is 0.137. The Morgan fingerprint density at radius 3 is 1.04 bits per heavy atom. The normalized spacial score (nSPS) is 11.0. The van der Waals surface area contributed by atoms with Crippen LogP contribution in [0.3, 0.4) is 0 Å². The van der Waals surface area contributed by atoms with Crippen molar-refractivity contribution in [3.63, 3.8) is 0 Å². The van der Waals surface area contributed by atoms with E-state index in [2.05, 4.69) is 13.5 Å². The highest BCUT2D eigenvalue weighted by atomic mass is 16.1. The number of rotatable bonds is 23. The van der Waals surface area contributed by atoms with Crippen molar-refractivity contribution in [3.05, 3.63) is 12.2 Å². The number of unbranched alkanes of at least 4 members (excludes halogenated alkanes) is 20. The molecule has 166 valence electrons. The molecule has 0 heterocycles. The Bertz CT molecular complexity index is 350. The van der Waals surface area contributed by atoms with Crippen molar-refractivity contribution in [2.75, 3.05) is 0 Å². The SMILES string of the molecule is C=C(CCCCCCCCCCCCCCCCCCCCCCC)C(N)=O. The third kappa shape index (κ3) is 21.5. The van der Waals surface area contributed by atoms with Crippen molar-refractivity contribution in [1.29, 1.82) is 0 Å². The van der Waals surface area contributed by atoms with Crippen LogP contribution in [0, 0.1) is 0 Å². The molecule has 0 aromatic rings. The van der Waals surface area contributed by atoms with Crippen molar-refractivity contribution in [2.24, 2.45) is 5.73 Å². The zero-order valence-corrected chi connectivity index (χ0v) is 19.2. The monoisotopic (exact) mass is 393 g/mol. The van der Waals surface area contributed by atoms with Crippen molar-refractivity contribution in [2.45, 2.75) is 148 Å². The number of amides is 1. The Morgan fingerprint density at radius 1 is 0.536 bits per heavy atom. The van der Waals surface area contributed by atoms with Gasteiger partial charge >= 0.3 is 0 Å². The molecule has 0 saturated heterocycles. The molecule has 28 heavy (non-hydrogen) atoms. The maximum atomic E-state index is 10.9. The molecule has 2 nitrogen and oxygen atoms in total. The first-order valence-electron chi connectivity index (χ1n) is 12.7. The van der Waals surface area contributed by atoms with Gasteiger partial charge in [0, 0.05) is 5.57 Å². The molecule has 1 amide bonds. The minimum atomic E-state index is -0.340. The van der Waals surface area contributed by atoms with E-state index in [0.29, 0.717) is 5.57 Å². The minimum Gasteiger partial charge on any atom is -0.366 e. The molecule has 0 bridgehead atoms. The van der Waals surface area contributed by atoms with Gasteiger partial charge in [-0.2, -0.15) is 0 Å². The molecular formula is C26H51NO. The second-order valence-corrected chi connectivity index (χ2v) is 8.79. The van der Waals surface area contributed by atoms with Crippen molar-refractivity contribution < 1.29 is 4.79 Å². The fraction of sp³-hybridized carbons (Fsp3) is 0.885. The molecule has 0 spiro atoms. The standard InChI is InChI=1S/C26H51NO/c1-3-4-5-6-7-8-9-10-11-12-13-14-15-16-17-18-19-20-21-22-23-24-25(2)26(27)28/h2-24H2,1H3,(H2,27,28). The van der Waals surface area contributed by atoms with E-state index in [0.717, 1.165) is 12.8 Å². The van der Waals surface area contributed by atoms with Crippen molar-refractivity contribution in [1.82, 2.24) is 0 Å². The van der Waals surface area contributed by atoms with E-state index in [1.807, 2.05) is 0 Å². The van der Waals surface area contributed by atoms with Gasteiger partial charge in [-0.05, 0) is 12.8 Å². The predicted molar refractivity (Wildman–Crippen MR) is 126 cm³/mol. The van der Waals surface area contributed by atoms with Gasteiger partial charge in [0.1, 0.15) is 0 Å². The molecule has 0 aliphatic rings. The lowest BCUT2D eigenvalue weighted by atomic mass is 10.0. The molecule has 2 heteroatoms. The van der Waals surface area contributed by atoms with E-state index >= 15 is 0 Å². The highest BCUT2D eigenvalue weighted by molar-refractivity contribution is 5.91. The van der Waals surface area contributed by atoms with Crippen molar-refractivity contribution in [3.8, 4) is 0 Å². The summed E-state index contributed by atoms with van der Waals surface area (Å²) in [5.74, 6) is -0.340. The van der Waals surface area contributed by atoms with Gasteiger partial charge in [0.15, 0.2) is 0 Å². The third-order valence-electron chi connectivity index (χ3n) is 5.93. The molecule has 0 atom stereocenters. The Morgan fingerprint density at radius 2 is 0.786 bits per heavy atom. The number of carbonyl (C=O) groups excluding carboxylic acids is 1. The molecule has 0 saturated carbocycles. The summed E-state index contributed by atoms with van der Waals surface area (Å²) >= 11 is 0. The van der Waals surface area contributed by atoms with Crippen LogP contribution in [0.25, 0.3) is 0 Å². The average molecular weight is 394 g/mol. The Kier molecular flexibility index (Phi) is 21.9. The average Bonchev–Trinajstić information content (AvgIpc) is 2.68. The molecule has 0 aliphatic heterocycles. The van der Waals surface area contributed by atoms with E-state index < -0.39 is 0 Å². The van der Waals surface area contributed by atoms with Crippen LogP contribution in [-0.4, -0.2) is 5.91 Å². The highest BCUT2D eigenvalue weighted by Gasteiger charge is 2.00. The van der Waals surface area contributed by atoms with E-state index in [4.69, 9.17) is 5.73 Å². The van der Waals surface area contributed by atoms with Gasteiger partial charge in [0.05, 0.1) is 0 Å². The Labute approximate surface area is 177 Å². The smallest absolute Gasteiger partial charge is 0.244 e. The highest BCUT2D eigenvalue weighted by Crippen LogP contribution is 2.15. The third-order valence-corrected chi connectivity index (χ3v) is 5.93. The summed E-state index contributed by atoms with van der Waals surface area (Å²) in [6, 6.07) is 0. The fourth-order valence-corrected chi connectivity index (χ4v) is 3.89. The zero-order valence-electron chi connectivity index (χ0n) is 19.2. The number of hydrogen-bond donors (Lipinski definition) is 1. The van der Waals surface area contributed by atoms with Crippen LogP contribution in [0.5, 0.6) is 0 Å². The van der Waals surface area contributed by atoms with Gasteiger partial charge in [-0.3, -0.25) is 4.79 Å². The maximum absolute atomic E-state index is 10.9. The largest absolute Gasteiger partial charge is 0.366 e. The molecule has 0 aromatic carbocycles. The molecule has 0 radical (unpaired) electrons. The lowest BCUT2D eigenvalue weighted by Crippen LogP contribution is -2.12. The van der Waals surface area contributed by atoms with Gasteiger partial charge in [-0.15, -0.1) is 0 Å². The first-order chi connectivity index (χ1) is 13.7. The molecule has 0 unspecified atom stereocenters. The fourth-order valence-electron chi connectivity index (χ4n) is 3.89. The van der Waals surface area contributed by atoms with Gasteiger partial charge in [0.2, 0.25) is 5.91 Å². The van der Waals surface area contributed by atoms with Crippen LogP contribution in [0.4, 0.5) is 0 Å². The summed E-state index contributed by atoms with van der Waals surface area (Å²) in [7, 11) is 0. The minimum absolute atomic E-state index is 0.340. The molecule has 0 fully saturated rings. The molecule has 2 N–H and O–H groups in total. The first-order valence-corrected chi connectivity index (χ1v) is 12.7. The van der Waals surface area contributed by atoms with Gasteiger partial charge < -0.3 is 5.73 Å². The van der Waals surface area contributed by atoms with E-state index in [1.165, 1.54) is 128 Å². The predicted octanol–water partition coefficient (Wildman–Crippen LogP) is 8.63. The van der Waals surface area contributed by atoms with Crippen LogP contribution in [0.2, 0.25) is 0 Å². The van der Waals surface area contributed by atoms with Crippen LogP contribution in [0.1, 0.15) is 148 Å². The Hall–Kier alpha value is -0.790. The number of hydrogen-bond acceptors (Lipinski definition) is 1. The Balaban J connectivity index is 3.05. The van der Waals surface area contributed by atoms with Gasteiger partial charge in [0.25, 0.3) is 0 Å². The summed E-state index contributed by atoms with van der Waals surface area (Å²) in [6.07, 6.45) is 30.1.